The predicted molar refractivity (Wildman–Crippen MR) is 86.7 cm³/mol. The summed E-state index contributed by atoms with van der Waals surface area (Å²) in [5, 5.41) is 4.17. The molecule has 1 fully saturated rings. The fourth-order valence-electron chi connectivity index (χ4n) is 3.11. The zero-order valence-corrected chi connectivity index (χ0v) is 12.6. The molecule has 0 amide bonds. The van der Waals surface area contributed by atoms with Crippen LogP contribution in [-0.4, -0.2) is 32.7 Å². The third kappa shape index (κ3) is 2.48. The van der Waals surface area contributed by atoms with E-state index in [0.29, 0.717) is 17.2 Å². The number of piperidine rings is 1. The van der Waals surface area contributed by atoms with Crippen molar-refractivity contribution in [3.05, 3.63) is 36.7 Å². The Morgan fingerprint density at radius 3 is 2.74 bits per heavy atom. The van der Waals surface area contributed by atoms with E-state index >= 15 is 0 Å². The Kier molecular flexibility index (Phi) is 3.33. The maximum Gasteiger partial charge on any atom is 0.165 e. The van der Waals surface area contributed by atoms with Crippen molar-refractivity contribution in [2.75, 3.05) is 23.7 Å². The lowest BCUT2D eigenvalue weighted by atomic mass is 10.1. The number of nitrogen functional groups attached to an aromatic ring is 1. The number of nitrogens with zero attached hydrogens (tertiary/aromatic N) is 5. The lowest BCUT2D eigenvalue weighted by molar-refractivity contribution is 0.555. The molecule has 0 saturated carbocycles. The molecule has 118 valence electrons. The highest BCUT2D eigenvalue weighted by atomic mass is 19.1. The first-order chi connectivity index (χ1) is 11.2. The van der Waals surface area contributed by atoms with Crippen molar-refractivity contribution in [3.63, 3.8) is 0 Å². The molecule has 0 aliphatic carbocycles. The molecule has 23 heavy (non-hydrogen) atoms. The van der Waals surface area contributed by atoms with Gasteiger partial charge in [-0.3, -0.25) is 4.98 Å². The van der Waals surface area contributed by atoms with Gasteiger partial charge in [0, 0.05) is 48.9 Å². The van der Waals surface area contributed by atoms with Crippen LogP contribution in [0.5, 0.6) is 0 Å². The van der Waals surface area contributed by atoms with Gasteiger partial charge in [-0.2, -0.15) is 0 Å². The number of fused-ring (bicyclic) bond motifs is 1. The van der Waals surface area contributed by atoms with Crippen LogP contribution < -0.4 is 10.6 Å². The minimum atomic E-state index is -0.301. The molecule has 1 aliphatic rings. The number of hydrogen-bond donors (Lipinski definition) is 1. The molecular formula is C16H17FN6. The second-order valence-electron chi connectivity index (χ2n) is 5.78. The van der Waals surface area contributed by atoms with Crippen LogP contribution in [0.4, 0.5) is 15.9 Å². The molecule has 4 rings (SSSR count). The van der Waals surface area contributed by atoms with Gasteiger partial charge >= 0.3 is 0 Å². The monoisotopic (exact) mass is 312 g/mol. The topological polar surface area (TPSA) is 72.3 Å². The van der Waals surface area contributed by atoms with Crippen LogP contribution in [0.2, 0.25) is 0 Å². The molecule has 0 spiro atoms. The van der Waals surface area contributed by atoms with E-state index in [1.807, 2.05) is 6.20 Å². The Morgan fingerprint density at radius 1 is 1.09 bits per heavy atom. The minimum Gasteiger partial charge on any atom is -0.382 e. The molecule has 2 N–H and O–H groups in total. The number of nitrogens with two attached hydrogens (primary N) is 1. The van der Waals surface area contributed by atoms with E-state index in [-0.39, 0.29) is 5.82 Å². The number of anilines is 2. The Morgan fingerprint density at radius 2 is 1.91 bits per heavy atom. The highest BCUT2D eigenvalue weighted by molar-refractivity contribution is 5.78. The van der Waals surface area contributed by atoms with Crippen LogP contribution in [0.15, 0.2) is 30.9 Å². The van der Waals surface area contributed by atoms with Crippen LogP contribution >= 0.6 is 0 Å². The van der Waals surface area contributed by atoms with E-state index < -0.39 is 0 Å². The molecule has 0 radical (unpaired) electrons. The Balaban J connectivity index is 1.84. The molecule has 1 aliphatic heterocycles. The number of pyridine rings is 1. The second kappa shape index (κ2) is 5.49. The van der Waals surface area contributed by atoms with Crippen molar-refractivity contribution < 1.29 is 4.39 Å². The van der Waals surface area contributed by atoms with Crippen molar-refractivity contribution in [2.45, 2.75) is 19.3 Å². The molecule has 0 bridgehead atoms. The Labute approximate surface area is 132 Å². The van der Waals surface area contributed by atoms with E-state index in [1.165, 1.54) is 12.6 Å². The molecule has 1 saturated heterocycles. The quantitative estimate of drug-likeness (QED) is 0.787. The number of aromatic nitrogens is 4. The zero-order valence-electron chi connectivity index (χ0n) is 12.6. The van der Waals surface area contributed by atoms with Crippen LogP contribution in [0.25, 0.3) is 16.8 Å². The molecule has 7 heteroatoms. The standard InChI is InChI=1S/C16H17FN6/c17-13-9-19-8-12(16(13)22-4-2-1-3-5-22)11-7-20-15-6-14(18)21-23(15)10-11/h6-10H,1-5H2,(H2,18,21). The highest BCUT2D eigenvalue weighted by Crippen LogP contribution is 2.33. The molecule has 0 atom stereocenters. The SMILES string of the molecule is Nc1cc2ncc(-c3cncc(F)c3N3CCCCC3)cn2n1. The van der Waals surface area contributed by atoms with Crippen molar-refractivity contribution in [3.8, 4) is 11.1 Å². The van der Waals surface area contributed by atoms with E-state index in [4.69, 9.17) is 5.73 Å². The molecule has 0 aromatic carbocycles. The van der Waals surface area contributed by atoms with Crippen molar-refractivity contribution in [1.29, 1.82) is 0 Å². The summed E-state index contributed by atoms with van der Waals surface area (Å²) < 4.78 is 16.1. The van der Waals surface area contributed by atoms with Crippen LogP contribution in [0.1, 0.15) is 19.3 Å². The average molecular weight is 312 g/mol. The van der Waals surface area contributed by atoms with Gasteiger partial charge in [-0.1, -0.05) is 0 Å². The van der Waals surface area contributed by atoms with Crippen LogP contribution in [-0.2, 0) is 0 Å². The molecule has 3 aromatic heterocycles. The van der Waals surface area contributed by atoms with Gasteiger partial charge in [-0.25, -0.2) is 13.9 Å². The second-order valence-corrected chi connectivity index (χ2v) is 5.78. The van der Waals surface area contributed by atoms with Crippen molar-refractivity contribution in [2.24, 2.45) is 0 Å². The van der Waals surface area contributed by atoms with Gasteiger partial charge in [0.1, 0.15) is 5.82 Å². The van der Waals surface area contributed by atoms with Gasteiger partial charge in [-0.05, 0) is 19.3 Å². The molecule has 0 unspecified atom stereocenters. The first-order valence-electron chi connectivity index (χ1n) is 7.72. The van der Waals surface area contributed by atoms with E-state index in [9.17, 15) is 4.39 Å². The average Bonchev–Trinajstić information content (AvgIpc) is 2.94. The third-order valence-corrected chi connectivity index (χ3v) is 4.19. The minimum absolute atomic E-state index is 0.301. The van der Waals surface area contributed by atoms with Gasteiger partial charge in [0.2, 0.25) is 0 Å². The van der Waals surface area contributed by atoms with Crippen LogP contribution in [0, 0.1) is 5.82 Å². The lowest BCUT2D eigenvalue weighted by Crippen LogP contribution is -2.30. The molecular weight excluding hydrogens is 295 g/mol. The summed E-state index contributed by atoms with van der Waals surface area (Å²) >= 11 is 0. The van der Waals surface area contributed by atoms with Crippen molar-refractivity contribution in [1.82, 2.24) is 19.6 Å². The summed E-state index contributed by atoms with van der Waals surface area (Å²) in [6.07, 6.45) is 9.82. The lowest BCUT2D eigenvalue weighted by Gasteiger charge is -2.30. The highest BCUT2D eigenvalue weighted by Gasteiger charge is 2.20. The van der Waals surface area contributed by atoms with E-state index in [0.717, 1.165) is 37.1 Å². The van der Waals surface area contributed by atoms with Gasteiger partial charge in [0.15, 0.2) is 11.5 Å². The van der Waals surface area contributed by atoms with E-state index in [1.54, 1.807) is 23.0 Å². The van der Waals surface area contributed by atoms with Crippen molar-refractivity contribution >= 4 is 17.2 Å². The summed E-state index contributed by atoms with van der Waals surface area (Å²) in [6.45, 7) is 1.72. The first-order valence-corrected chi connectivity index (χ1v) is 7.72. The van der Waals surface area contributed by atoms with Gasteiger partial charge < -0.3 is 10.6 Å². The largest absolute Gasteiger partial charge is 0.382 e. The molecule has 4 heterocycles. The maximum absolute atomic E-state index is 14.5. The Bertz CT molecular complexity index is 853. The summed E-state index contributed by atoms with van der Waals surface area (Å²) in [5.74, 6) is 0.104. The summed E-state index contributed by atoms with van der Waals surface area (Å²) in [4.78, 5) is 10.5. The van der Waals surface area contributed by atoms with Gasteiger partial charge in [-0.15, -0.1) is 5.10 Å². The zero-order chi connectivity index (χ0) is 15.8. The predicted octanol–water partition coefficient (Wildman–Crippen LogP) is 2.50. The van der Waals surface area contributed by atoms with Gasteiger partial charge in [0.05, 0.1) is 11.9 Å². The summed E-state index contributed by atoms with van der Waals surface area (Å²) in [5.41, 5.74) is 8.46. The molecule has 6 nitrogen and oxygen atoms in total. The summed E-state index contributed by atoms with van der Waals surface area (Å²) in [7, 11) is 0. The fourth-order valence-corrected chi connectivity index (χ4v) is 3.11. The van der Waals surface area contributed by atoms with E-state index in [2.05, 4.69) is 20.0 Å². The number of rotatable bonds is 2. The maximum atomic E-state index is 14.5. The van der Waals surface area contributed by atoms with Crippen LogP contribution in [0.3, 0.4) is 0 Å². The first kappa shape index (κ1) is 13.9. The fraction of sp³-hybridized carbons (Fsp3) is 0.312. The number of hydrogen-bond acceptors (Lipinski definition) is 5. The smallest absolute Gasteiger partial charge is 0.165 e. The Hall–Kier alpha value is -2.70. The third-order valence-electron chi connectivity index (χ3n) is 4.19. The van der Waals surface area contributed by atoms with Gasteiger partial charge in [0.25, 0.3) is 0 Å². The number of halogens is 1. The summed E-state index contributed by atoms with van der Waals surface area (Å²) in [6, 6.07) is 1.69. The molecule has 3 aromatic rings. The normalized spacial score (nSPS) is 15.3.